The van der Waals surface area contributed by atoms with Crippen LogP contribution in [0.5, 0.6) is 5.75 Å². The van der Waals surface area contributed by atoms with Crippen molar-refractivity contribution >= 4 is 27.5 Å². The molecule has 0 spiro atoms. The summed E-state index contributed by atoms with van der Waals surface area (Å²) < 4.78 is 65.0. The fourth-order valence-electron chi connectivity index (χ4n) is 4.13. The third kappa shape index (κ3) is 6.43. The molecular weight excluding hydrogens is 556 g/mol. The van der Waals surface area contributed by atoms with E-state index in [1.54, 1.807) is 41.2 Å². The Bertz CT molecular complexity index is 1680. The highest BCUT2D eigenvalue weighted by molar-refractivity contribution is 7.92. The molecule has 1 unspecified atom stereocenters. The van der Waals surface area contributed by atoms with Crippen LogP contribution in [0.15, 0.2) is 83.9 Å². The van der Waals surface area contributed by atoms with Crippen molar-refractivity contribution in [3.63, 3.8) is 0 Å². The minimum Gasteiger partial charge on any atom is -0.473 e. The highest BCUT2D eigenvalue weighted by Crippen LogP contribution is 2.34. The van der Waals surface area contributed by atoms with Crippen LogP contribution >= 0.6 is 0 Å². The van der Waals surface area contributed by atoms with Gasteiger partial charge in [0.15, 0.2) is 27.2 Å². The maximum absolute atomic E-state index is 14.4. The summed E-state index contributed by atoms with van der Waals surface area (Å²) >= 11 is 0. The first-order chi connectivity index (χ1) is 19.6. The maximum Gasteiger partial charge on any atom is 0.337 e. The third-order valence-corrected chi connectivity index (χ3v) is 8.74. The van der Waals surface area contributed by atoms with Crippen LogP contribution in [0.3, 0.4) is 0 Å². The number of rotatable bonds is 10. The van der Waals surface area contributed by atoms with Crippen molar-refractivity contribution in [3.05, 3.63) is 107 Å². The van der Waals surface area contributed by atoms with Gasteiger partial charge < -0.3 is 14.8 Å². The van der Waals surface area contributed by atoms with Crippen molar-refractivity contribution in [2.24, 2.45) is 0 Å². The molecular formula is C29H25F2N3O6S. The zero-order valence-electron chi connectivity index (χ0n) is 21.8. The molecule has 4 aromatic rings. The summed E-state index contributed by atoms with van der Waals surface area (Å²) in [5.41, 5.74) is 1.51. The number of benzene rings is 3. The Morgan fingerprint density at radius 2 is 1.73 bits per heavy atom. The molecule has 5 rings (SSSR count). The van der Waals surface area contributed by atoms with Gasteiger partial charge in [-0.3, -0.25) is 9.48 Å². The lowest BCUT2D eigenvalue weighted by molar-refractivity contribution is -0.123. The molecule has 0 bridgehead atoms. The summed E-state index contributed by atoms with van der Waals surface area (Å²) in [6, 6.07) is 16.6. The zero-order valence-corrected chi connectivity index (χ0v) is 22.6. The Labute approximate surface area is 234 Å². The summed E-state index contributed by atoms with van der Waals surface area (Å²) in [5, 5.41) is 6.56. The van der Waals surface area contributed by atoms with Gasteiger partial charge in [-0.25, -0.2) is 22.0 Å². The average molecular weight is 582 g/mol. The van der Waals surface area contributed by atoms with E-state index < -0.39 is 44.7 Å². The lowest BCUT2D eigenvalue weighted by atomic mass is 10.1. The standard InChI is InChI=1S/C29H25F2N3O6S/c1-39-29(36)20-4-2-18(3-5-20)17-34-15-14-26(33-34)32-28(35)27(40-25-13-8-21(30)16-24(25)31)19-6-9-22(10-7-19)41(37,38)23-11-12-23/h2-10,13-16,23,27H,11-12,17H2,1H3,(H,32,33,35). The van der Waals surface area contributed by atoms with Crippen molar-refractivity contribution in [3.8, 4) is 5.75 Å². The second kappa shape index (κ2) is 11.5. The molecule has 212 valence electrons. The first-order valence-corrected chi connectivity index (χ1v) is 14.2. The van der Waals surface area contributed by atoms with Crippen LogP contribution in [0.2, 0.25) is 0 Å². The number of hydrogen-bond acceptors (Lipinski definition) is 7. The molecule has 1 fully saturated rings. The van der Waals surface area contributed by atoms with Crippen LogP contribution < -0.4 is 10.1 Å². The number of halogens is 2. The number of methoxy groups -OCH3 is 1. The summed E-state index contributed by atoms with van der Waals surface area (Å²) in [4.78, 5) is 25.1. The molecule has 9 nitrogen and oxygen atoms in total. The van der Waals surface area contributed by atoms with Gasteiger partial charge in [0, 0.05) is 23.9 Å². The van der Waals surface area contributed by atoms with Gasteiger partial charge in [0.2, 0.25) is 6.10 Å². The Morgan fingerprint density at radius 1 is 1.02 bits per heavy atom. The summed E-state index contributed by atoms with van der Waals surface area (Å²) in [6.07, 6.45) is 1.43. The van der Waals surface area contributed by atoms with E-state index in [4.69, 9.17) is 9.47 Å². The number of hydrogen-bond donors (Lipinski definition) is 1. The Kier molecular flexibility index (Phi) is 7.84. The van der Waals surface area contributed by atoms with Gasteiger partial charge in [-0.2, -0.15) is 5.10 Å². The van der Waals surface area contributed by atoms with E-state index >= 15 is 0 Å². The number of nitrogens with zero attached hydrogens (tertiary/aromatic N) is 2. The highest BCUT2D eigenvalue weighted by atomic mass is 32.2. The fraction of sp³-hybridized carbons (Fsp3) is 0.207. The van der Waals surface area contributed by atoms with Gasteiger partial charge in [-0.1, -0.05) is 24.3 Å². The molecule has 12 heteroatoms. The van der Waals surface area contributed by atoms with Crippen LogP contribution in [0.4, 0.5) is 14.6 Å². The first-order valence-electron chi connectivity index (χ1n) is 12.6. The van der Waals surface area contributed by atoms with Crippen LogP contribution in [-0.4, -0.2) is 42.4 Å². The molecule has 1 aliphatic carbocycles. The SMILES string of the molecule is COC(=O)c1ccc(Cn2ccc(NC(=O)C(Oc3ccc(F)cc3F)c3ccc(S(=O)(=O)C4CC4)cc3)n2)cc1. The second-order valence-electron chi connectivity index (χ2n) is 9.46. The monoisotopic (exact) mass is 581 g/mol. The van der Waals surface area contributed by atoms with E-state index in [9.17, 15) is 26.8 Å². The number of carbonyl (C=O) groups excluding carboxylic acids is 2. The van der Waals surface area contributed by atoms with E-state index in [0.717, 1.165) is 17.7 Å². The number of aromatic nitrogens is 2. The van der Waals surface area contributed by atoms with E-state index in [1.165, 1.54) is 31.4 Å². The molecule has 1 amide bonds. The van der Waals surface area contributed by atoms with Gasteiger partial charge in [-0.15, -0.1) is 0 Å². The van der Waals surface area contributed by atoms with Gasteiger partial charge >= 0.3 is 5.97 Å². The normalized spacial score (nSPS) is 13.8. The Hall–Kier alpha value is -4.58. The zero-order chi connectivity index (χ0) is 29.1. The Balaban J connectivity index is 1.34. The lowest BCUT2D eigenvalue weighted by Crippen LogP contribution is -2.26. The predicted octanol–water partition coefficient (Wildman–Crippen LogP) is 4.69. The smallest absolute Gasteiger partial charge is 0.337 e. The van der Waals surface area contributed by atoms with Crippen molar-refractivity contribution < 1.29 is 36.3 Å². The molecule has 1 N–H and O–H groups in total. The first kappa shape index (κ1) is 28.0. The Morgan fingerprint density at radius 3 is 2.37 bits per heavy atom. The molecule has 0 radical (unpaired) electrons. The van der Waals surface area contributed by atoms with E-state index in [1.807, 2.05) is 0 Å². The number of sulfone groups is 1. The molecule has 41 heavy (non-hydrogen) atoms. The van der Waals surface area contributed by atoms with E-state index in [2.05, 4.69) is 10.4 Å². The summed E-state index contributed by atoms with van der Waals surface area (Å²) in [5.74, 6) is -3.14. The van der Waals surface area contributed by atoms with Crippen LogP contribution in [-0.2, 0) is 25.9 Å². The molecule has 1 aliphatic rings. The molecule has 1 saturated carbocycles. The summed E-state index contributed by atoms with van der Waals surface area (Å²) in [6.45, 7) is 0.342. The lowest BCUT2D eigenvalue weighted by Gasteiger charge is -2.19. The third-order valence-electron chi connectivity index (χ3n) is 6.46. The van der Waals surface area contributed by atoms with Crippen molar-refractivity contribution in [2.75, 3.05) is 12.4 Å². The number of esters is 1. The van der Waals surface area contributed by atoms with Crippen LogP contribution in [0.25, 0.3) is 0 Å². The minimum atomic E-state index is -3.46. The topological polar surface area (TPSA) is 117 Å². The van der Waals surface area contributed by atoms with Crippen LogP contribution in [0.1, 0.15) is 40.4 Å². The van der Waals surface area contributed by atoms with E-state index in [-0.39, 0.29) is 22.0 Å². The molecule has 3 aromatic carbocycles. The number of ether oxygens (including phenoxy) is 2. The maximum atomic E-state index is 14.4. The van der Waals surface area contributed by atoms with Gasteiger partial charge in [-0.05, 0) is 54.8 Å². The van der Waals surface area contributed by atoms with Crippen LogP contribution in [0, 0.1) is 11.6 Å². The fourth-order valence-corrected chi connectivity index (χ4v) is 5.79. The van der Waals surface area contributed by atoms with Crippen molar-refractivity contribution in [1.82, 2.24) is 9.78 Å². The molecule has 1 aromatic heterocycles. The van der Waals surface area contributed by atoms with Gasteiger partial charge in [0.1, 0.15) is 5.82 Å². The number of carbonyl (C=O) groups is 2. The molecule has 1 atom stereocenters. The quantitative estimate of drug-likeness (QED) is 0.270. The van der Waals surface area contributed by atoms with Gasteiger partial charge in [0.05, 0.1) is 29.4 Å². The summed E-state index contributed by atoms with van der Waals surface area (Å²) in [7, 11) is -2.16. The van der Waals surface area contributed by atoms with E-state index in [0.29, 0.717) is 31.0 Å². The molecule has 0 saturated heterocycles. The number of amides is 1. The molecule has 1 heterocycles. The second-order valence-corrected chi connectivity index (χ2v) is 11.7. The minimum absolute atomic E-state index is 0.120. The highest BCUT2D eigenvalue weighted by Gasteiger charge is 2.37. The van der Waals surface area contributed by atoms with Gasteiger partial charge in [0.25, 0.3) is 5.91 Å². The number of nitrogens with one attached hydrogen (secondary N) is 1. The largest absolute Gasteiger partial charge is 0.473 e. The average Bonchev–Trinajstić information content (AvgIpc) is 3.74. The molecule has 0 aliphatic heterocycles. The predicted molar refractivity (Wildman–Crippen MR) is 144 cm³/mol. The van der Waals surface area contributed by atoms with Crippen molar-refractivity contribution in [1.29, 1.82) is 0 Å². The van der Waals surface area contributed by atoms with Crippen molar-refractivity contribution in [2.45, 2.75) is 35.6 Å². The number of anilines is 1.